The van der Waals surface area contributed by atoms with Gasteiger partial charge in [-0.2, -0.15) is 0 Å². The lowest BCUT2D eigenvalue weighted by Gasteiger charge is -2.09. The van der Waals surface area contributed by atoms with Crippen molar-refractivity contribution in [2.24, 2.45) is 0 Å². The van der Waals surface area contributed by atoms with Gasteiger partial charge in [-0.15, -0.1) is 0 Å². The number of phenolic OH excluding ortho intramolecular Hbond substituents is 1. The summed E-state index contributed by atoms with van der Waals surface area (Å²) in [7, 11) is 0. The molecular weight excluding hydrogens is 260 g/mol. The fourth-order valence-electron chi connectivity index (χ4n) is 1.48. The maximum atomic E-state index is 9.65. The summed E-state index contributed by atoms with van der Waals surface area (Å²) in [6.07, 6.45) is 0. The number of aromatic hydroxyl groups is 1. The molecule has 0 fully saturated rings. The van der Waals surface area contributed by atoms with E-state index in [9.17, 15) is 5.11 Å². The zero-order valence-corrected chi connectivity index (χ0v) is 12.2. The molecule has 0 saturated carbocycles. The monoisotopic (exact) mass is 278 g/mol. The van der Waals surface area contributed by atoms with Gasteiger partial charge in [0.2, 0.25) is 0 Å². The van der Waals surface area contributed by atoms with Gasteiger partial charge in [-0.25, -0.2) is 0 Å². The Morgan fingerprint density at radius 3 is 2.26 bits per heavy atom. The van der Waals surface area contributed by atoms with Gasteiger partial charge in [0, 0.05) is 5.56 Å². The van der Waals surface area contributed by atoms with Crippen LogP contribution in [-0.4, -0.2) is 5.11 Å². The molecule has 0 unspecified atom stereocenters. The molecule has 2 nitrogen and oxygen atoms in total. The molecule has 0 amide bonds. The van der Waals surface area contributed by atoms with Crippen LogP contribution < -0.4 is 4.74 Å². The van der Waals surface area contributed by atoms with E-state index in [1.807, 2.05) is 45.0 Å². The molecule has 0 saturated heterocycles. The van der Waals surface area contributed by atoms with Gasteiger partial charge in [-0.05, 0) is 31.2 Å². The van der Waals surface area contributed by atoms with Crippen LogP contribution in [0.4, 0.5) is 0 Å². The molecule has 0 bridgehead atoms. The molecule has 0 spiro atoms. The van der Waals surface area contributed by atoms with E-state index in [1.165, 1.54) is 5.56 Å². The van der Waals surface area contributed by atoms with Gasteiger partial charge < -0.3 is 9.84 Å². The molecule has 19 heavy (non-hydrogen) atoms. The molecule has 0 radical (unpaired) electrons. The summed E-state index contributed by atoms with van der Waals surface area (Å²) < 4.78 is 5.56. The smallest absolute Gasteiger partial charge is 0.123 e. The first-order chi connectivity index (χ1) is 9.16. The fourth-order valence-corrected chi connectivity index (χ4v) is 1.70. The Kier molecular flexibility index (Phi) is 6.23. The maximum Gasteiger partial charge on any atom is 0.123 e. The van der Waals surface area contributed by atoms with Crippen molar-refractivity contribution in [1.29, 1.82) is 0 Å². The third-order valence-corrected chi connectivity index (χ3v) is 2.85. The lowest BCUT2D eigenvalue weighted by atomic mass is 10.2. The molecule has 0 aliphatic heterocycles. The van der Waals surface area contributed by atoms with Crippen LogP contribution in [0.2, 0.25) is 5.02 Å². The van der Waals surface area contributed by atoms with Crippen LogP contribution in [0.15, 0.2) is 42.5 Å². The topological polar surface area (TPSA) is 29.5 Å². The third-order valence-electron chi connectivity index (χ3n) is 2.50. The highest BCUT2D eigenvalue weighted by Gasteiger charge is 2.06. The van der Waals surface area contributed by atoms with E-state index in [4.69, 9.17) is 16.3 Å². The Bertz CT molecular complexity index is 486. The largest absolute Gasteiger partial charge is 0.507 e. The molecule has 2 aromatic carbocycles. The minimum atomic E-state index is 0.157. The highest BCUT2D eigenvalue weighted by atomic mass is 35.5. The van der Waals surface area contributed by atoms with Crippen molar-refractivity contribution in [3.8, 4) is 11.5 Å². The predicted molar refractivity (Wildman–Crippen MR) is 80.0 cm³/mol. The fraction of sp³-hybridized carbons (Fsp3) is 0.250. The summed E-state index contributed by atoms with van der Waals surface area (Å²) in [5, 5.41) is 10.2. The van der Waals surface area contributed by atoms with E-state index in [0.717, 1.165) is 5.75 Å². The molecule has 1 N–H and O–H groups in total. The van der Waals surface area contributed by atoms with Crippen LogP contribution >= 0.6 is 11.6 Å². The van der Waals surface area contributed by atoms with Crippen molar-refractivity contribution in [1.82, 2.24) is 0 Å². The molecular formula is C16H19ClO2. The van der Waals surface area contributed by atoms with E-state index in [1.54, 1.807) is 18.2 Å². The van der Waals surface area contributed by atoms with Crippen LogP contribution in [0, 0.1) is 6.92 Å². The predicted octanol–water partition coefficient (Wildman–Crippen LogP) is 4.96. The lowest BCUT2D eigenvalue weighted by molar-refractivity contribution is 0.299. The normalized spacial score (nSPS) is 9.47. The highest BCUT2D eigenvalue weighted by molar-refractivity contribution is 6.31. The molecule has 3 heteroatoms. The van der Waals surface area contributed by atoms with Crippen LogP contribution in [0.3, 0.4) is 0 Å². The van der Waals surface area contributed by atoms with E-state index >= 15 is 0 Å². The Morgan fingerprint density at radius 1 is 1.05 bits per heavy atom. The number of benzene rings is 2. The summed E-state index contributed by atoms with van der Waals surface area (Å²) in [6, 6.07) is 12.8. The summed E-state index contributed by atoms with van der Waals surface area (Å²) in [6.45, 7) is 6.28. The molecule has 2 rings (SSSR count). The second-order valence-corrected chi connectivity index (χ2v) is 4.25. The van der Waals surface area contributed by atoms with Gasteiger partial charge in [0.25, 0.3) is 0 Å². The SMILES string of the molecule is CC.Cc1ccc(OCc2c(O)cccc2Cl)cc1. The number of rotatable bonds is 3. The van der Waals surface area contributed by atoms with Gasteiger partial charge in [-0.1, -0.05) is 49.2 Å². The number of aryl methyl sites for hydroxylation is 1. The Morgan fingerprint density at radius 2 is 1.68 bits per heavy atom. The molecule has 0 aromatic heterocycles. The summed E-state index contributed by atoms with van der Waals surface area (Å²) >= 11 is 5.98. The summed E-state index contributed by atoms with van der Waals surface area (Å²) in [4.78, 5) is 0. The Balaban J connectivity index is 0.000000861. The second kappa shape index (κ2) is 7.70. The average Bonchev–Trinajstić information content (AvgIpc) is 2.42. The third kappa shape index (κ3) is 4.49. The molecule has 0 atom stereocenters. The van der Waals surface area contributed by atoms with Crippen molar-refractivity contribution >= 4 is 11.6 Å². The van der Waals surface area contributed by atoms with Gasteiger partial charge in [-0.3, -0.25) is 0 Å². The molecule has 102 valence electrons. The van der Waals surface area contributed by atoms with Crippen LogP contribution in [0.5, 0.6) is 11.5 Å². The number of ether oxygens (including phenoxy) is 1. The van der Waals surface area contributed by atoms with Crippen molar-refractivity contribution in [2.45, 2.75) is 27.4 Å². The maximum absolute atomic E-state index is 9.65. The first-order valence-corrected chi connectivity index (χ1v) is 6.70. The van der Waals surface area contributed by atoms with Crippen molar-refractivity contribution in [3.05, 3.63) is 58.6 Å². The van der Waals surface area contributed by atoms with E-state index in [2.05, 4.69) is 0 Å². The van der Waals surface area contributed by atoms with Gasteiger partial charge in [0.05, 0.1) is 5.02 Å². The van der Waals surface area contributed by atoms with Crippen LogP contribution in [-0.2, 0) is 6.61 Å². The minimum absolute atomic E-state index is 0.157. The first kappa shape index (κ1) is 15.4. The van der Waals surface area contributed by atoms with Crippen molar-refractivity contribution in [2.75, 3.05) is 0 Å². The zero-order valence-electron chi connectivity index (χ0n) is 11.5. The van der Waals surface area contributed by atoms with Gasteiger partial charge >= 0.3 is 0 Å². The molecule has 0 aliphatic rings. The second-order valence-electron chi connectivity index (χ2n) is 3.84. The number of phenols is 1. The number of halogens is 1. The quantitative estimate of drug-likeness (QED) is 0.860. The number of hydrogen-bond acceptors (Lipinski definition) is 2. The van der Waals surface area contributed by atoms with Crippen LogP contribution in [0.25, 0.3) is 0 Å². The van der Waals surface area contributed by atoms with E-state index in [-0.39, 0.29) is 12.4 Å². The van der Waals surface area contributed by atoms with Gasteiger partial charge in [0.15, 0.2) is 0 Å². The van der Waals surface area contributed by atoms with Crippen molar-refractivity contribution in [3.63, 3.8) is 0 Å². The van der Waals surface area contributed by atoms with E-state index < -0.39 is 0 Å². The van der Waals surface area contributed by atoms with Crippen molar-refractivity contribution < 1.29 is 9.84 Å². The molecule has 0 heterocycles. The zero-order chi connectivity index (χ0) is 14.3. The standard InChI is InChI=1S/C14H13ClO2.C2H6/c1-10-5-7-11(8-6-10)17-9-12-13(15)3-2-4-14(12)16;1-2/h2-8,16H,9H2,1H3;1-2H3. The summed E-state index contributed by atoms with van der Waals surface area (Å²) in [5.74, 6) is 0.916. The average molecular weight is 279 g/mol. The molecule has 2 aromatic rings. The molecule has 0 aliphatic carbocycles. The highest BCUT2D eigenvalue weighted by Crippen LogP contribution is 2.26. The Hall–Kier alpha value is -1.67. The minimum Gasteiger partial charge on any atom is -0.507 e. The summed E-state index contributed by atoms with van der Waals surface area (Å²) in [5.41, 5.74) is 1.78. The number of hydrogen-bond donors (Lipinski definition) is 1. The van der Waals surface area contributed by atoms with Gasteiger partial charge in [0.1, 0.15) is 18.1 Å². The Labute approximate surface area is 119 Å². The van der Waals surface area contributed by atoms with Crippen LogP contribution in [0.1, 0.15) is 25.0 Å². The lowest BCUT2D eigenvalue weighted by Crippen LogP contribution is -1.96. The first-order valence-electron chi connectivity index (χ1n) is 6.32. The van der Waals surface area contributed by atoms with E-state index in [0.29, 0.717) is 10.6 Å².